The quantitative estimate of drug-likeness (QED) is 0.608. The van der Waals surface area contributed by atoms with Crippen LogP contribution >= 0.6 is 0 Å². The molecule has 3 aromatic rings. The van der Waals surface area contributed by atoms with Gasteiger partial charge >= 0.3 is 0 Å². The molecule has 0 fully saturated rings. The highest BCUT2D eigenvalue weighted by Gasteiger charge is 2.17. The van der Waals surface area contributed by atoms with E-state index in [0.29, 0.717) is 0 Å². The Balaban J connectivity index is 1.08. The molecular weight excluding hydrogens is 388 g/mol. The van der Waals surface area contributed by atoms with Crippen molar-refractivity contribution in [1.29, 1.82) is 0 Å². The van der Waals surface area contributed by atoms with Crippen molar-refractivity contribution in [2.24, 2.45) is 0 Å². The van der Waals surface area contributed by atoms with Gasteiger partial charge in [-0.3, -0.25) is 15.1 Å². The summed E-state index contributed by atoms with van der Waals surface area (Å²) in [7, 11) is 0. The lowest BCUT2D eigenvalue weighted by atomic mass is 10.3. The van der Waals surface area contributed by atoms with Crippen LogP contribution in [0.3, 0.4) is 0 Å². The second-order valence-electron chi connectivity index (χ2n) is 7.89. The summed E-state index contributed by atoms with van der Waals surface area (Å²) in [5.74, 6) is 0. The summed E-state index contributed by atoms with van der Waals surface area (Å²) in [5.41, 5.74) is 4.32. The molecule has 5 rings (SSSR count). The fourth-order valence-corrected chi connectivity index (χ4v) is 3.84. The molecule has 0 radical (unpaired) electrons. The van der Waals surface area contributed by atoms with Crippen molar-refractivity contribution in [2.45, 2.75) is 26.2 Å². The van der Waals surface area contributed by atoms with E-state index in [-0.39, 0.29) is 0 Å². The number of aromatic nitrogens is 4. The van der Waals surface area contributed by atoms with Gasteiger partial charge in [0, 0.05) is 37.2 Å². The molecule has 8 nitrogen and oxygen atoms in total. The summed E-state index contributed by atoms with van der Waals surface area (Å²) < 4.78 is 0. The summed E-state index contributed by atoms with van der Waals surface area (Å²) in [6.07, 6.45) is 12.2. The molecule has 1 N–H and O–H groups in total. The second-order valence-corrected chi connectivity index (χ2v) is 7.89. The summed E-state index contributed by atoms with van der Waals surface area (Å²) >= 11 is 0. The van der Waals surface area contributed by atoms with Crippen LogP contribution in [0.25, 0.3) is 0 Å². The zero-order valence-electron chi connectivity index (χ0n) is 17.4. The summed E-state index contributed by atoms with van der Waals surface area (Å²) in [5, 5.41) is 7.70. The van der Waals surface area contributed by atoms with Gasteiger partial charge in [-0.15, -0.1) is 0 Å². The lowest BCUT2D eigenvalue weighted by Gasteiger charge is -2.20. The van der Waals surface area contributed by atoms with Gasteiger partial charge < -0.3 is 19.6 Å². The molecule has 158 valence electrons. The minimum atomic E-state index is 0.785. The zero-order valence-corrected chi connectivity index (χ0v) is 17.4. The smallest absolute Gasteiger partial charge is 0.0902 e. The number of nitrogens with one attached hydrogen (secondary N) is 1. The average Bonchev–Trinajstić information content (AvgIpc) is 3.53. The van der Waals surface area contributed by atoms with E-state index < -0.39 is 0 Å². The number of rotatable bonds is 8. The fourth-order valence-electron chi connectivity index (χ4n) is 3.84. The molecule has 0 aliphatic carbocycles. The number of hydrogen-bond donors (Lipinski definition) is 1. The molecule has 31 heavy (non-hydrogen) atoms. The lowest BCUT2D eigenvalue weighted by Crippen LogP contribution is -2.25. The molecule has 8 heteroatoms. The minimum absolute atomic E-state index is 0.785. The Labute approximate surface area is 182 Å². The van der Waals surface area contributed by atoms with Gasteiger partial charge in [0.05, 0.1) is 62.3 Å². The Kier molecular flexibility index (Phi) is 5.51. The molecule has 2 aliphatic heterocycles. The van der Waals surface area contributed by atoms with E-state index in [2.05, 4.69) is 82.8 Å². The van der Waals surface area contributed by atoms with Gasteiger partial charge in [0.15, 0.2) is 0 Å². The largest absolute Gasteiger partial charge is 0.353 e. The van der Waals surface area contributed by atoms with E-state index in [0.717, 1.165) is 62.3 Å². The zero-order chi connectivity index (χ0) is 20.9. The maximum atomic E-state index is 4.51. The van der Waals surface area contributed by atoms with Gasteiger partial charge in [0.1, 0.15) is 0 Å². The minimum Gasteiger partial charge on any atom is -0.353 e. The molecule has 0 spiro atoms. The van der Waals surface area contributed by atoms with Crippen LogP contribution in [0.5, 0.6) is 0 Å². The second kappa shape index (κ2) is 8.91. The Morgan fingerprint density at radius 2 is 1.16 bits per heavy atom. The van der Waals surface area contributed by atoms with Gasteiger partial charge in [-0.05, 0) is 30.3 Å². The Hall–Kier alpha value is -3.81. The van der Waals surface area contributed by atoms with Crippen molar-refractivity contribution in [3.8, 4) is 0 Å². The van der Waals surface area contributed by atoms with Crippen molar-refractivity contribution < 1.29 is 0 Å². The van der Waals surface area contributed by atoms with Gasteiger partial charge in [0.25, 0.3) is 0 Å². The van der Waals surface area contributed by atoms with E-state index in [4.69, 9.17) is 0 Å². The maximum Gasteiger partial charge on any atom is 0.0902 e. The van der Waals surface area contributed by atoms with Crippen molar-refractivity contribution >= 4 is 0 Å². The van der Waals surface area contributed by atoms with Gasteiger partial charge in [0.2, 0.25) is 0 Å². The first kappa shape index (κ1) is 19.2. The topological polar surface area (TPSA) is 67.4 Å². The highest BCUT2D eigenvalue weighted by molar-refractivity contribution is 5.12. The van der Waals surface area contributed by atoms with E-state index in [1.807, 2.05) is 36.7 Å². The van der Waals surface area contributed by atoms with E-state index in [1.165, 1.54) is 0 Å². The fraction of sp³-hybridized carbons (Fsp3) is 0.261. The van der Waals surface area contributed by atoms with Crippen molar-refractivity contribution in [2.75, 3.05) is 13.3 Å². The molecular formula is C23H26N8. The highest BCUT2D eigenvalue weighted by Crippen LogP contribution is 2.16. The highest BCUT2D eigenvalue weighted by atomic mass is 15.4. The van der Waals surface area contributed by atoms with Crippen LogP contribution in [-0.4, -0.2) is 53.1 Å². The molecule has 3 aromatic heterocycles. The summed E-state index contributed by atoms with van der Waals surface area (Å²) in [4.78, 5) is 17.8. The molecule has 0 saturated heterocycles. The third kappa shape index (κ3) is 5.03. The Morgan fingerprint density at radius 3 is 1.68 bits per heavy atom. The Morgan fingerprint density at radius 1 is 0.645 bits per heavy atom. The third-order valence-electron chi connectivity index (χ3n) is 5.31. The number of H-pyrrole nitrogens is 1. The predicted molar refractivity (Wildman–Crippen MR) is 117 cm³/mol. The van der Waals surface area contributed by atoms with E-state index >= 15 is 0 Å². The average molecular weight is 415 g/mol. The summed E-state index contributed by atoms with van der Waals surface area (Å²) in [6.45, 7) is 4.92. The number of pyridine rings is 2. The monoisotopic (exact) mass is 414 g/mol. The Bertz CT molecular complexity index is 948. The molecule has 0 unspecified atom stereocenters. The van der Waals surface area contributed by atoms with E-state index in [9.17, 15) is 0 Å². The van der Waals surface area contributed by atoms with Crippen LogP contribution in [-0.2, 0) is 26.2 Å². The molecule has 0 aromatic carbocycles. The number of hydrogen-bond acceptors (Lipinski definition) is 7. The van der Waals surface area contributed by atoms with Crippen molar-refractivity contribution in [3.63, 3.8) is 0 Å². The molecule has 0 amide bonds. The first-order valence-electron chi connectivity index (χ1n) is 10.5. The summed E-state index contributed by atoms with van der Waals surface area (Å²) in [6, 6.07) is 14.2. The number of nitrogens with zero attached hydrogens (tertiary/aromatic N) is 7. The van der Waals surface area contributed by atoms with Gasteiger partial charge in [-0.25, -0.2) is 0 Å². The van der Waals surface area contributed by atoms with Crippen LogP contribution in [0.2, 0.25) is 0 Å². The molecule has 0 saturated carbocycles. The van der Waals surface area contributed by atoms with E-state index in [1.54, 1.807) is 0 Å². The molecule has 2 aliphatic rings. The standard InChI is InChI=1S/C23H26N8/c1-3-7-24-20(5-1)14-28-9-11-30(18-28)16-22-13-23(27-26-22)17-31-12-10-29(19-31)15-21-6-2-4-8-25-21/h1-13H,14-19H2,(H,26,27). The maximum absolute atomic E-state index is 4.51. The molecule has 5 heterocycles. The predicted octanol–water partition coefficient (Wildman–Crippen LogP) is 2.69. The SMILES string of the molecule is C1=CN(Cc2cc(CN3C=CN(Cc4ccccn4)C3)[nH]n2)CN1Cc1ccccn1. The van der Waals surface area contributed by atoms with Gasteiger partial charge in [-0.1, -0.05) is 12.1 Å². The lowest BCUT2D eigenvalue weighted by molar-refractivity contribution is 0.250. The van der Waals surface area contributed by atoms with Crippen molar-refractivity contribution in [3.05, 3.63) is 102 Å². The van der Waals surface area contributed by atoms with Crippen LogP contribution in [0.15, 0.2) is 79.7 Å². The first-order chi connectivity index (χ1) is 15.3. The van der Waals surface area contributed by atoms with Gasteiger partial charge in [-0.2, -0.15) is 5.10 Å². The van der Waals surface area contributed by atoms with Crippen LogP contribution in [0.4, 0.5) is 0 Å². The van der Waals surface area contributed by atoms with Crippen LogP contribution in [0, 0.1) is 0 Å². The van der Waals surface area contributed by atoms with Crippen molar-refractivity contribution in [1.82, 2.24) is 39.8 Å². The van der Waals surface area contributed by atoms with Crippen LogP contribution in [0.1, 0.15) is 22.8 Å². The first-order valence-corrected chi connectivity index (χ1v) is 10.5. The normalized spacial score (nSPS) is 15.5. The number of aromatic amines is 1. The molecule has 0 atom stereocenters. The van der Waals surface area contributed by atoms with Crippen LogP contribution < -0.4 is 0 Å². The molecule has 0 bridgehead atoms. The third-order valence-corrected chi connectivity index (χ3v) is 5.31.